The van der Waals surface area contributed by atoms with E-state index in [1.54, 1.807) is 6.07 Å². The Balaban J connectivity index is 3.08. The minimum atomic E-state index is -0.178. The lowest BCUT2D eigenvalue weighted by molar-refractivity contribution is 0.130. The summed E-state index contributed by atoms with van der Waals surface area (Å²) in [5, 5.41) is 0. The Kier molecular flexibility index (Phi) is 5.29. The van der Waals surface area contributed by atoms with Crippen molar-refractivity contribution in [3.05, 3.63) is 35.6 Å². The van der Waals surface area contributed by atoms with Gasteiger partial charge in [0.1, 0.15) is 5.82 Å². The van der Waals surface area contributed by atoms with Crippen LogP contribution in [-0.4, -0.2) is 24.0 Å². The van der Waals surface area contributed by atoms with Crippen LogP contribution in [0.2, 0.25) is 0 Å². The Hall–Kier alpha value is -0.930. The average molecular weight is 252 g/mol. The van der Waals surface area contributed by atoms with Crippen LogP contribution in [0.25, 0.3) is 0 Å². The minimum Gasteiger partial charge on any atom is -0.326 e. The number of hydrogen-bond acceptors (Lipinski definition) is 2. The third-order valence-corrected chi connectivity index (χ3v) is 3.77. The van der Waals surface area contributed by atoms with Crippen molar-refractivity contribution in [1.29, 1.82) is 0 Å². The fraction of sp³-hybridized carbons (Fsp3) is 0.600. The normalized spacial score (nSPS) is 16.9. The van der Waals surface area contributed by atoms with Crippen molar-refractivity contribution < 1.29 is 4.39 Å². The molecule has 0 aliphatic heterocycles. The van der Waals surface area contributed by atoms with E-state index in [1.807, 2.05) is 26.1 Å². The predicted octanol–water partition coefficient (Wildman–Crippen LogP) is 3.19. The molecule has 0 aliphatic carbocycles. The van der Waals surface area contributed by atoms with Crippen molar-refractivity contribution in [3.8, 4) is 0 Å². The van der Waals surface area contributed by atoms with Gasteiger partial charge in [-0.25, -0.2) is 4.39 Å². The van der Waals surface area contributed by atoms with Crippen molar-refractivity contribution >= 4 is 0 Å². The zero-order valence-electron chi connectivity index (χ0n) is 12.0. The van der Waals surface area contributed by atoms with Crippen LogP contribution in [0.15, 0.2) is 24.3 Å². The molecule has 0 aromatic heterocycles. The fourth-order valence-electron chi connectivity index (χ4n) is 2.31. The Labute approximate surface area is 110 Å². The van der Waals surface area contributed by atoms with Gasteiger partial charge in [-0.2, -0.15) is 0 Å². The molecule has 0 heterocycles. The highest BCUT2D eigenvalue weighted by molar-refractivity contribution is 5.22. The largest absolute Gasteiger partial charge is 0.326 e. The molecule has 3 atom stereocenters. The lowest BCUT2D eigenvalue weighted by atomic mass is 9.95. The lowest BCUT2D eigenvalue weighted by Gasteiger charge is -2.37. The average Bonchev–Trinajstić information content (AvgIpc) is 2.30. The molecule has 3 unspecified atom stereocenters. The molecule has 0 bridgehead atoms. The first kappa shape index (κ1) is 15.1. The van der Waals surface area contributed by atoms with E-state index in [0.29, 0.717) is 17.5 Å². The molecule has 3 heteroatoms. The maximum atomic E-state index is 13.9. The number of nitrogens with two attached hydrogens (primary N) is 1. The summed E-state index contributed by atoms with van der Waals surface area (Å²) < 4.78 is 13.9. The molecule has 0 saturated heterocycles. The molecular weight excluding hydrogens is 227 g/mol. The zero-order chi connectivity index (χ0) is 13.9. The van der Waals surface area contributed by atoms with E-state index in [0.717, 1.165) is 0 Å². The van der Waals surface area contributed by atoms with Crippen molar-refractivity contribution in [3.63, 3.8) is 0 Å². The van der Waals surface area contributed by atoms with Gasteiger partial charge in [-0.05, 0) is 32.9 Å². The molecule has 2 nitrogen and oxygen atoms in total. The van der Waals surface area contributed by atoms with Crippen molar-refractivity contribution in [2.24, 2.45) is 11.7 Å². The molecular formula is C15H25FN2. The van der Waals surface area contributed by atoms with Gasteiger partial charge in [0.05, 0.1) is 6.04 Å². The second-order valence-corrected chi connectivity index (χ2v) is 5.48. The highest BCUT2D eigenvalue weighted by Crippen LogP contribution is 2.28. The lowest BCUT2D eigenvalue weighted by Crippen LogP contribution is -2.44. The summed E-state index contributed by atoms with van der Waals surface area (Å²) in [5.74, 6) is 0.325. The number of nitrogens with zero attached hydrogens (tertiary/aromatic N) is 1. The molecule has 0 fully saturated rings. The smallest absolute Gasteiger partial charge is 0.128 e. The van der Waals surface area contributed by atoms with Gasteiger partial charge in [0, 0.05) is 17.6 Å². The maximum Gasteiger partial charge on any atom is 0.128 e. The van der Waals surface area contributed by atoms with Gasteiger partial charge in [-0.1, -0.05) is 32.0 Å². The molecule has 1 aromatic rings. The SMILES string of the molecule is CC(C)C(C)N(C)C(c1ccccc1F)C(C)N. The van der Waals surface area contributed by atoms with Crippen LogP contribution in [0.1, 0.15) is 39.3 Å². The molecule has 0 amide bonds. The number of halogens is 1. The summed E-state index contributed by atoms with van der Waals surface area (Å²) >= 11 is 0. The third-order valence-electron chi connectivity index (χ3n) is 3.77. The highest BCUT2D eigenvalue weighted by Gasteiger charge is 2.28. The summed E-state index contributed by atoms with van der Waals surface area (Å²) in [6, 6.07) is 7.04. The van der Waals surface area contributed by atoms with E-state index < -0.39 is 0 Å². The standard InChI is InChI=1S/C15H25FN2/c1-10(2)12(4)18(5)15(11(3)17)13-8-6-7-9-14(13)16/h6-12,15H,17H2,1-5H3. The number of rotatable bonds is 5. The van der Waals surface area contributed by atoms with Gasteiger partial charge in [-0.15, -0.1) is 0 Å². The van der Waals surface area contributed by atoms with Gasteiger partial charge < -0.3 is 5.73 Å². The zero-order valence-corrected chi connectivity index (χ0v) is 12.0. The molecule has 18 heavy (non-hydrogen) atoms. The second-order valence-electron chi connectivity index (χ2n) is 5.48. The first-order valence-corrected chi connectivity index (χ1v) is 6.58. The van der Waals surface area contributed by atoms with Gasteiger partial charge in [-0.3, -0.25) is 4.90 Å². The Morgan fingerprint density at radius 2 is 1.67 bits per heavy atom. The predicted molar refractivity (Wildman–Crippen MR) is 74.9 cm³/mol. The van der Waals surface area contributed by atoms with Crippen LogP contribution in [0.4, 0.5) is 4.39 Å². The van der Waals surface area contributed by atoms with Gasteiger partial charge in [0.25, 0.3) is 0 Å². The second kappa shape index (κ2) is 6.30. The van der Waals surface area contributed by atoms with E-state index >= 15 is 0 Å². The molecule has 1 rings (SSSR count). The molecule has 0 aliphatic rings. The highest BCUT2D eigenvalue weighted by atomic mass is 19.1. The van der Waals surface area contributed by atoms with Crippen molar-refractivity contribution in [2.45, 2.75) is 45.8 Å². The van der Waals surface area contributed by atoms with E-state index in [9.17, 15) is 4.39 Å². The topological polar surface area (TPSA) is 29.3 Å². The number of likely N-dealkylation sites (N-methyl/N-ethyl adjacent to an activating group) is 1. The van der Waals surface area contributed by atoms with Crippen LogP contribution >= 0.6 is 0 Å². The Morgan fingerprint density at radius 3 is 2.11 bits per heavy atom. The Morgan fingerprint density at radius 1 is 1.11 bits per heavy atom. The summed E-state index contributed by atoms with van der Waals surface area (Å²) in [7, 11) is 2.02. The molecule has 102 valence electrons. The van der Waals surface area contributed by atoms with Gasteiger partial charge in [0.2, 0.25) is 0 Å². The van der Waals surface area contributed by atoms with Crippen LogP contribution < -0.4 is 5.73 Å². The summed E-state index contributed by atoms with van der Waals surface area (Å²) in [4.78, 5) is 2.17. The maximum absolute atomic E-state index is 13.9. The Bertz CT molecular complexity index is 377. The molecule has 0 saturated carbocycles. The minimum absolute atomic E-state index is 0.0939. The van der Waals surface area contributed by atoms with Crippen LogP contribution in [0.3, 0.4) is 0 Å². The van der Waals surface area contributed by atoms with E-state index in [4.69, 9.17) is 5.73 Å². The number of hydrogen-bond donors (Lipinski definition) is 1. The van der Waals surface area contributed by atoms with E-state index in [2.05, 4.69) is 25.7 Å². The molecule has 1 aromatic carbocycles. The van der Waals surface area contributed by atoms with Gasteiger partial charge in [0.15, 0.2) is 0 Å². The van der Waals surface area contributed by atoms with Crippen molar-refractivity contribution in [1.82, 2.24) is 4.90 Å². The fourth-order valence-corrected chi connectivity index (χ4v) is 2.31. The summed E-state index contributed by atoms with van der Waals surface area (Å²) in [6.45, 7) is 8.42. The monoisotopic (exact) mass is 252 g/mol. The van der Waals surface area contributed by atoms with Crippen molar-refractivity contribution in [2.75, 3.05) is 7.05 Å². The molecule has 0 spiro atoms. The van der Waals surface area contributed by atoms with Crippen LogP contribution in [-0.2, 0) is 0 Å². The van der Waals surface area contributed by atoms with Gasteiger partial charge >= 0.3 is 0 Å². The van der Waals surface area contributed by atoms with E-state index in [-0.39, 0.29) is 17.9 Å². The third kappa shape index (κ3) is 3.30. The first-order chi connectivity index (χ1) is 8.36. The van der Waals surface area contributed by atoms with Crippen LogP contribution in [0, 0.1) is 11.7 Å². The van der Waals surface area contributed by atoms with Crippen LogP contribution in [0.5, 0.6) is 0 Å². The number of benzene rings is 1. The van der Waals surface area contributed by atoms with E-state index in [1.165, 1.54) is 6.07 Å². The summed E-state index contributed by atoms with van der Waals surface area (Å²) in [6.07, 6.45) is 0. The first-order valence-electron chi connectivity index (χ1n) is 6.58. The summed E-state index contributed by atoms with van der Waals surface area (Å²) in [5.41, 5.74) is 6.75. The quantitative estimate of drug-likeness (QED) is 0.872. The molecule has 0 radical (unpaired) electrons. The molecule has 2 N–H and O–H groups in total.